The molecule has 0 fully saturated rings. The molecule has 0 aliphatic carbocycles. The van der Waals surface area contributed by atoms with Gasteiger partial charge in [0.15, 0.2) is 33.9 Å². The standard InChI is InChI=1S/C12H14N2O4S3.2C6H10N2O2S3.C3H3ClO.C2H5ClO.C2H2N2S3/c1-3-9(15)17-5-7-19-11-13-14-12(21-11)20-8-6-18-10(16)4-2;2*9-1-3-11-5-7-8-6(13-5)12-4-2-10;1-2-3(4)5;3-1-2-4;5-1-3-4-2(6)7-1/h3-4H,1-2,5-8H2;2*9-10H,1-4H2;2H,1H2;4H,1-2H2;(H,3,5)(H,4,6). The number of alkyl halides is 1. The first-order valence-corrected chi connectivity index (χ1v) is 27.8. The molecule has 0 bridgehead atoms. The lowest BCUT2D eigenvalue weighted by Crippen LogP contribution is -2.03. The van der Waals surface area contributed by atoms with Gasteiger partial charge in [0.05, 0.1) is 33.0 Å². The number of aliphatic hydroxyl groups excluding tert-OH is 5. The van der Waals surface area contributed by atoms with Crippen molar-refractivity contribution in [1.29, 1.82) is 0 Å². The van der Waals surface area contributed by atoms with E-state index in [0.29, 0.717) is 61.5 Å². The van der Waals surface area contributed by atoms with Crippen LogP contribution in [0.25, 0.3) is 0 Å². The molecule has 0 unspecified atom stereocenters. The van der Waals surface area contributed by atoms with Crippen LogP contribution in [0.2, 0.25) is 0 Å². The average Bonchev–Trinajstić information content (AvgIpc) is 4.13. The van der Waals surface area contributed by atoms with Gasteiger partial charge in [0.1, 0.15) is 13.2 Å². The highest BCUT2D eigenvalue weighted by Gasteiger charge is 2.07. The summed E-state index contributed by atoms with van der Waals surface area (Å²) in [5.41, 5.74) is 0. The number of aromatic nitrogens is 8. The fraction of sp³-hybridized carbons (Fsp3) is 0.452. The van der Waals surface area contributed by atoms with E-state index in [9.17, 15) is 14.4 Å². The first kappa shape index (κ1) is 64.1. The molecule has 18 nitrogen and oxygen atoms in total. The van der Waals surface area contributed by atoms with Gasteiger partial charge in [-0.05, 0) is 42.1 Å². The number of halogens is 2. The number of carbonyl (C=O) groups excluding carboxylic acids is 3. The van der Waals surface area contributed by atoms with Crippen LogP contribution in [-0.2, 0) is 23.9 Å². The van der Waals surface area contributed by atoms with E-state index in [4.69, 9.17) is 82.6 Å². The van der Waals surface area contributed by atoms with E-state index in [0.717, 1.165) is 44.3 Å². The van der Waals surface area contributed by atoms with Crippen molar-refractivity contribution in [2.75, 3.05) is 86.6 Å². The number of nitrogens with one attached hydrogen (secondary N) is 2. The number of esters is 2. The van der Waals surface area contributed by atoms with Crippen molar-refractivity contribution in [1.82, 2.24) is 40.8 Å². The lowest BCUT2D eigenvalue weighted by atomic mass is 10.6. The van der Waals surface area contributed by atoms with Gasteiger partial charge >= 0.3 is 11.9 Å². The molecule has 0 aromatic carbocycles. The largest absolute Gasteiger partial charge is 0.462 e. The molecule has 7 N–H and O–H groups in total. The van der Waals surface area contributed by atoms with Crippen molar-refractivity contribution < 1.29 is 49.4 Å². The number of aliphatic hydroxyl groups is 5. The summed E-state index contributed by atoms with van der Waals surface area (Å²) in [6.07, 6.45) is 3.30. The zero-order valence-corrected chi connectivity index (χ0v) is 44.2. The van der Waals surface area contributed by atoms with E-state index in [1.54, 1.807) is 0 Å². The van der Waals surface area contributed by atoms with E-state index in [-0.39, 0.29) is 33.0 Å². The van der Waals surface area contributed by atoms with Crippen molar-refractivity contribution in [3.8, 4) is 0 Å². The van der Waals surface area contributed by atoms with Crippen molar-refractivity contribution in [2.24, 2.45) is 0 Å². The molecule has 354 valence electrons. The molecule has 0 saturated carbocycles. The third-order valence-corrected chi connectivity index (χ3v) is 15.6. The number of nitrogens with zero attached hydrogens (tertiary/aromatic N) is 6. The van der Waals surface area contributed by atoms with Gasteiger partial charge in [-0.25, -0.2) is 9.59 Å². The van der Waals surface area contributed by atoms with Gasteiger partial charge in [-0.2, -0.15) is 0 Å². The number of thioether (sulfide) groups is 6. The molecule has 0 saturated heterocycles. The summed E-state index contributed by atoms with van der Waals surface area (Å²) in [5.74, 6) is 3.31. The Morgan fingerprint density at radius 1 is 0.540 bits per heavy atom. The second-order valence-electron chi connectivity index (χ2n) is 9.08. The molecule has 0 aliphatic rings. The molecule has 0 spiro atoms. The predicted molar refractivity (Wildman–Crippen MR) is 268 cm³/mol. The van der Waals surface area contributed by atoms with E-state index < -0.39 is 17.2 Å². The van der Waals surface area contributed by atoms with Gasteiger partial charge in [-0.1, -0.05) is 136 Å². The van der Waals surface area contributed by atoms with Crippen LogP contribution >= 0.6 is 164 Å². The molecule has 4 aromatic rings. The molecule has 0 atom stereocenters. The van der Waals surface area contributed by atoms with Crippen LogP contribution in [0.15, 0.2) is 64.0 Å². The smallest absolute Gasteiger partial charge is 0.330 e. The number of allylic oxidation sites excluding steroid dienone is 1. The van der Waals surface area contributed by atoms with E-state index in [1.807, 2.05) is 0 Å². The van der Waals surface area contributed by atoms with Gasteiger partial charge in [0, 0.05) is 52.5 Å². The Kier molecular flexibility index (Phi) is 46.9. The molecule has 32 heteroatoms. The summed E-state index contributed by atoms with van der Waals surface area (Å²) in [6, 6.07) is 0. The zero-order valence-electron chi connectivity index (χ0n) is 32.9. The molecular formula is C31H44Cl2N8O10S12. The monoisotopic (exact) mass is 1140 g/mol. The Labute approximate surface area is 425 Å². The second-order valence-corrected chi connectivity index (χ2v) is 23.2. The minimum absolute atomic E-state index is 0.0849. The Hall–Kier alpha value is -1.01. The van der Waals surface area contributed by atoms with Gasteiger partial charge in [0.25, 0.3) is 0 Å². The lowest BCUT2D eigenvalue weighted by Gasteiger charge is -1.99. The molecule has 4 rings (SSSR count). The van der Waals surface area contributed by atoms with Gasteiger partial charge in [0.2, 0.25) is 5.24 Å². The quantitative estimate of drug-likeness (QED) is 0.00739. The summed E-state index contributed by atoms with van der Waals surface area (Å²) in [7, 11) is 0. The van der Waals surface area contributed by atoms with Crippen LogP contribution in [0.4, 0.5) is 0 Å². The summed E-state index contributed by atoms with van der Waals surface area (Å²) in [4.78, 5) is 31.1. The van der Waals surface area contributed by atoms with Crippen molar-refractivity contribution in [3.05, 3.63) is 45.9 Å². The Morgan fingerprint density at radius 3 is 0.968 bits per heavy atom. The van der Waals surface area contributed by atoms with Crippen LogP contribution in [0, 0.1) is 7.91 Å². The van der Waals surface area contributed by atoms with Crippen molar-refractivity contribution >= 4 is 181 Å². The maximum Gasteiger partial charge on any atom is 0.330 e. The normalized spacial score (nSPS) is 9.70. The van der Waals surface area contributed by atoms with E-state index in [2.05, 4.69) is 60.5 Å². The highest BCUT2D eigenvalue weighted by molar-refractivity contribution is 8.04. The summed E-state index contributed by atoms with van der Waals surface area (Å²) in [6.45, 7) is 11.0. The molecular weight excluding hydrogens is 1100 g/mol. The van der Waals surface area contributed by atoms with Crippen molar-refractivity contribution in [3.63, 3.8) is 0 Å². The topological polar surface area (TPSA) is 280 Å². The first-order chi connectivity index (χ1) is 30.4. The molecule has 63 heavy (non-hydrogen) atoms. The van der Waals surface area contributed by atoms with Crippen LogP contribution in [-0.4, -0.2) is 170 Å². The fourth-order valence-electron chi connectivity index (χ4n) is 2.37. The average molecular weight is 1140 g/mol. The SMILES string of the molecule is C=CC(=O)Cl.C=CC(=O)OCCSc1nnc(SCCOC(=O)C=C)s1.OCCCl.OCCSc1nnc(SCCO)s1.OCCSc1nnc(SCCO)s1.S=c1[nH][nH]c(=S)s1. The summed E-state index contributed by atoms with van der Waals surface area (Å²) in [5, 5.41) is 70.6. The number of hydrogen-bond acceptors (Lipinski definition) is 28. The molecule has 0 radical (unpaired) electrons. The molecule has 4 aromatic heterocycles. The summed E-state index contributed by atoms with van der Waals surface area (Å²) < 4.78 is 16.2. The van der Waals surface area contributed by atoms with Crippen LogP contribution in [0.3, 0.4) is 0 Å². The second kappa shape index (κ2) is 46.1. The van der Waals surface area contributed by atoms with E-state index >= 15 is 0 Å². The van der Waals surface area contributed by atoms with Crippen LogP contribution in [0.1, 0.15) is 0 Å². The first-order valence-electron chi connectivity index (χ1n) is 16.9. The van der Waals surface area contributed by atoms with Gasteiger partial charge in [-0.3, -0.25) is 15.0 Å². The van der Waals surface area contributed by atoms with Gasteiger partial charge in [-0.15, -0.1) is 42.2 Å². The number of carbonyl (C=O) groups is 3. The zero-order chi connectivity index (χ0) is 47.5. The highest BCUT2D eigenvalue weighted by Crippen LogP contribution is 2.30. The number of ether oxygens (including phenoxy) is 2. The number of hydrogen-bond donors (Lipinski definition) is 7. The van der Waals surface area contributed by atoms with Gasteiger partial charge < -0.3 is 35.0 Å². The van der Waals surface area contributed by atoms with E-state index in [1.165, 1.54) is 116 Å². The maximum absolute atomic E-state index is 10.8. The Bertz CT molecular complexity index is 1750. The minimum Gasteiger partial charge on any atom is -0.462 e. The summed E-state index contributed by atoms with van der Waals surface area (Å²) >= 11 is 33.7. The molecule has 0 aliphatic heterocycles. The lowest BCUT2D eigenvalue weighted by molar-refractivity contribution is -0.138. The molecule has 0 amide bonds. The van der Waals surface area contributed by atoms with Crippen LogP contribution in [0.5, 0.6) is 0 Å². The number of H-pyrrole nitrogens is 2. The Morgan fingerprint density at radius 2 is 0.794 bits per heavy atom. The van der Waals surface area contributed by atoms with Crippen molar-refractivity contribution in [2.45, 2.75) is 26.0 Å². The highest BCUT2D eigenvalue weighted by atomic mass is 35.5. The minimum atomic E-state index is -0.509. The Balaban J connectivity index is 0. The number of aromatic amines is 2. The predicted octanol–water partition coefficient (Wildman–Crippen LogP) is 6.61. The number of rotatable bonds is 24. The third-order valence-electron chi connectivity index (χ3n) is 4.57. The fourth-order valence-corrected chi connectivity index (χ4v) is 11.6. The third kappa shape index (κ3) is 41.0. The van der Waals surface area contributed by atoms with Crippen LogP contribution < -0.4 is 0 Å². The molecule has 4 heterocycles. The maximum atomic E-state index is 10.8.